The van der Waals surface area contributed by atoms with Crippen molar-refractivity contribution >= 4 is 5.91 Å². The van der Waals surface area contributed by atoms with Crippen molar-refractivity contribution in [2.75, 3.05) is 34.9 Å². The van der Waals surface area contributed by atoms with E-state index >= 15 is 0 Å². The molecule has 6 heteroatoms. The Labute approximate surface area is 191 Å². The van der Waals surface area contributed by atoms with Crippen LogP contribution in [-0.2, 0) is 6.42 Å². The summed E-state index contributed by atoms with van der Waals surface area (Å²) < 4.78 is 16.4. The van der Waals surface area contributed by atoms with Gasteiger partial charge in [0, 0.05) is 30.2 Å². The van der Waals surface area contributed by atoms with Gasteiger partial charge in [0.1, 0.15) is 0 Å². The number of rotatable bonds is 8. The van der Waals surface area contributed by atoms with Gasteiger partial charge in [-0.2, -0.15) is 0 Å². The van der Waals surface area contributed by atoms with Gasteiger partial charge in [0.25, 0.3) is 5.91 Å². The first-order chi connectivity index (χ1) is 15.5. The molecule has 2 aromatic rings. The first kappa shape index (κ1) is 22.5. The number of piperidine rings is 1. The first-order valence-electron chi connectivity index (χ1n) is 11.4. The molecular formula is C26H34N2O4. The van der Waals surface area contributed by atoms with Crippen LogP contribution < -0.4 is 14.2 Å². The first-order valence-corrected chi connectivity index (χ1v) is 11.4. The molecule has 0 spiro atoms. The summed E-state index contributed by atoms with van der Waals surface area (Å²) in [5.74, 6) is 1.53. The van der Waals surface area contributed by atoms with Gasteiger partial charge in [-0.1, -0.05) is 30.3 Å². The molecule has 1 amide bonds. The highest BCUT2D eigenvalue weighted by molar-refractivity contribution is 5.96. The fraction of sp³-hybridized carbons (Fsp3) is 0.500. The molecular weight excluding hydrogens is 404 g/mol. The maximum absolute atomic E-state index is 13.9. The molecule has 2 unspecified atom stereocenters. The minimum Gasteiger partial charge on any atom is -0.493 e. The largest absolute Gasteiger partial charge is 0.493 e. The molecule has 2 aromatic carbocycles. The van der Waals surface area contributed by atoms with Crippen LogP contribution >= 0.6 is 0 Å². The van der Waals surface area contributed by atoms with Gasteiger partial charge in [0.05, 0.1) is 21.3 Å². The van der Waals surface area contributed by atoms with E-state index in [-0.39, 0.29) is 11.9 Å². The number of carbonyl (C=O) groups is 1. The van der Waals surface area contributed by atoms with Crippen LogP contribution in [0.4, 0.5) is 0 Å². The normalized spacial score (nSPS) is 22.4. The van der Waals surface area contributed by atoms with Crippen molar-refractivity contribution in [3.8, 4) is 17.2 Å². The highest BCUT2D eigenvalue weighted by Gasteiger charge is 2.41. The van der Waals surface area contributed by atoms with Gasteiger partial charge in [-0.05, 0) is 56.8 Å². The molecule has 4 rings (SSSR count). The molecule has 2 aliphatic rings. The molecule has 2 saturated heterocycles. The molecule has 2 heterocycles. The predicted octanol–water partition coefficient (Wildman–Crippen LogP) is 4.02. The molecule has 0 aromatic heterocycles. The Morgan fingerprint density at radius 2 is 1.56 bits per heavy atom. The number of methoxy groups -OCH3 is 3. The van der Waals surface area contributed by atoms with E-state index in [1.54, 1.807) is 33.5 Å². The second-order valence-electron chi connectivity index (χ2n) is 8.82. The monoisotopic (exact) mass is 438 g/mol. The zero-order valence-corrected chi connectivity index (χ0v) is 19.5. The highest BCUT2D eigenvalue weighted by atomic mass is 16.5. The second kappa shape index (κ2) is 9.82. The van der Waals surface area contributed by atoms with Gasteiger partial charge in [-0.15, -0.1) is 0 Å². The number of carbonyl (C=O) groups excluding carboxylic acids is 1. The zero-order chi connectivity index (χ0) is 22.7. The van der Waals surface area contributed by atoms with E-state index in [4.69, 9.17) is 14.2 Å². The van der Waals surface area contributed by atoms with E-state index in [0.717, 1.165) is 19.3 Å². The van der Waals surface area contributed by atoms with E-state index in [1.807, 2.05) is 6.07 Å². The predicted molar refractivity (Wildman–Crippen MR) is 125 cm³/mol. The van der Waals surface area contributed by atoms with Crippen molar-refractivity contribution in [3.63, 3.8) is 0 Å². The second-order valence-corrected chi connectivity index (χ2v) is 8.82. The van der Waals surface area contributed by atoms with Gasteiger partial charge in [0.15, 0.2) is 11.5 Å². The van der Waals surface area contributed by atoms with E-state index in [2.05, 4.69) is 41.1 Å². The Kier molecular flexibility index (Phi) is 6.89. The van der Waals surface area contributed by atoms with Gasteiger partial charge >= 0.3 is 0 Å². The molecule has 2 bridgehead atoms. The summed E-state index contributed by atoms with van der Waals surface area (Å²) >= 11 is 0. The van der Waals surface area contributed by atoms with Gasteiger partial charge in [-0.25, -0.2) is 0 Å². The molecule has 172 valence electrons. The van der Waals surface area contributed by atoms with Gasteiger partial charge in [0.2, 0.25) is 5.75 Å². The molecule has 2 fully saturated rings. The smallest absolute Gasteiger partial charge is 0.254 e. The van der Waals surface area contributed by atoms with E-state index in [1.165, 1.54) is 18.4 Å². The number of amides is 1. The number of fused-ring (bicyclic) bond motifs is 2. The Morgan fingerprint density at radius 1 is 0.969 bits per heavy atom. The number of hydrogen-bond acceptors (Lipinski definition) is 5. The molecule has 0 N–H and O–H groups in total. The van der Waals surface area contributed by atoms with E-state index in [9.17, 15) is 4.79 Å². The average Bonchev–Trinajstić information content (AvgIpc) is 3.03. The highest BCUT2D eigenvalue weighted by Crippen LogP contribution is 2.40. The maximum atomic E-state index is 13.9. The van der Waals surface area contributed by atoms with Crippen LogP contribution in [0.1, 0.15) is 41.6 Å². The van der Waals surface area contributed by atoms with Crippen LogP contribution in [0.2, 0.25) is 0 Å². The summed E-state index contributed by atoms with van der Waals surface area (Å²) in [4.78, 5) is 18.5. The Morgan fingerprint density at radius 3 is 2.09 bits per heavy atom. The van der Waals surface area contributed by atoms with Crippen molar-refractivity contribution in [2.24, 2.45) is 0 Å². The summed E-state index contributed by atoms with van der Waals surface area (Å²) in [6, 6.07) is 15.3. The van der Waals surface area contributed by atoms with Crippen LogP contribution in [0.25, 0.3) is 0 Å². The Balaban J connectivity index is 1.64. The number of hydrogen-bond donors (Lipinski definition) is 0. The van der Waals surface area contributed by atoms with Crippen molar-refractivity contribution < 1.29 is 19.0 Å². The molecule has 6 nitrogen and oxygen atoms in total. The number of nitrogens with zero attached hydrogens (tertiary/aromatic N) is 2. The fourth-order valence-electron chi connectivity index (χ4n) is 5.35. The quantitative estimate of drug-likeness (QED) is 0.623. The Bertz CT molecular complexity index is 894. The minimum atomic E-state index is 0.0223. The zero-order valence-electron chi connectivity index (χ0n) is 19.5. The van der Waals surface area contributed by atoms with Crippen molar-refractivity contribution in [1.82, 2.24) is 9.80 Å². The molecule has 0 aliphatic carbocycles. The lowest BCUT2D eigenvalue weighted by atomic mass is 9.95. The molecule has 0 radical (unpaired) electrons. The summed E-state index contributed by atoms with van der Waals surface area (Å²) in [5, 5.41) is 0. The van der Waals surface area contributed by atoms with Crippen LogP contribution in [-0.4, -0.2) is 68.8 Å². The third-order valence-electron chi connectivity index (χ3n) is 7.17. The van der Waals surface area contributed by atoms with E-state index < -0.39 is 0 Å². The standard InChI is InChI=1S/C26H34N2O4/c1-27-20-10-11-21(27)17-22(16-20)28(13-12-18-8-6-5-7-9-18)26(29)19-14-23(30-2)25(32-4)24(15-19)31-3/h5-9,14-15,20-22H,10-13,16-17H2,1-4H3. The third-order valence-corrected chi connectivity index (χ3v) is 7.17. The van der Waals surface area contributed by atoms with Crippen LogP contribution in [0.15, 0.2) is 42.5 Å². The number of benzene rings is 2. The molecule has 2 aliphatic heterocycles. The molecule has 32 heavy (non-hydrogen) atoms. The van der Waals surface area contributed by atoms with E-state index in [0.29, 0.717) is 41.4 Å². The minimum absolute atomic E-state index is 0.0223. The SMILES string of the molecule is COc1cc(C(=O)N(CCc2ccccc2)C2CC3CCC(C2)N3C)cc(OC)c1OC. The lowest BCUT2D eigenvalue weighted by Crippen LogP contribution is -2.51. The topological polar surface area (TPSA) is 51.2 Å². The van der Waals surface area contributed by atoms with Gasteiger partial charge < -0.3 is 24.0 Å². The summed E-state index contributed by atoms with van der Waals surface area (Å²) in [6.45, 7) is 0.688. The van der Waals surface area contributed by atoms with Gasteiger partial charge in [-0.3, -0.25) is 4.79 Å². The van der Waals surface area contributed by atoms with Crippen LogP contribution in [0.5, 0.6) is 17.2 Å². The average molecular weight is 439 g/mol. The van der Waals surface area contributed by atoms with Crippen LogP contribution in [0, 0.1) is 0 Å². The number of ether oxygens (including phenoxy) is 3. The molecule has 0 saturated carbocycles. The van der Waals surface area contributed by atoms with Crippen molar-refractivity contribution in [1.29, 1.82) is 0 Å². The lowest BCUT2D eigenvalue weighted by Gasteiger charge is -2.42. The Hall–Kier alpha value is -2.73. The third kappa shape index (κ3) is 4.42. The lowest BCUT2D eigenvalue weighted by molar-refractivity contribution is 0.0487. The fourth-order valence-corrected chi connectivity index (χ4v) is 5.35. The van der Waals surface area contributed by atoms with Crippen LogP contribution in [0.3, 0.4) is 0 Å². The summed E-state index contributed by atoms with van der Waals surface area (Å²) in [7, 11) is 6.96. The summed E-state index contributed by atoms with van der Waals surface area (Å²) in [5.41, 5.74) is 1.81. The maximum Gasteiger partial charge on any atom is 0.254 e. The molecule has 2 atom stereocenters. The summed E-state index contributed by atoms with van der Waals surface area (Å²) in [6.07, 6.45) is 5.33. The van der Waals surface area contributed by atoms with Crippen molar-refractivity contribution in [2.45, 2.75) is 50.2 Å². The van der Waals surface area contributed by atoms with Crippen molar-refractivity contribution in [3.05, 3.63) is 53.6 Å².